The SMILES string of the molecule is COC(=O)NCOC(C)=O. The Balaban J connectivity index is 3.20. The Kier molecular flexibility index (Phi) is 4.02. The number of nitrogens with one attached hydrogen (secondary N) is 1. The number of carbonyl (C=O) groups excluding carboxylic acids is 2. The van der Waals surface area contributed by atoms with Gasteiger partial charge in [0.15, 0.2) is 6.73 Å². The zero-order valence-corrected chi connectivity index (χ0v) is 5.84. The van der Waals surface area contributed by atoms with Crippen molar-refractivity contribution in [1.29, 1.82) is 0 Å². The van der Waals surface area contributed by atoms with Crippen LogP contribution in [0.15, 0.2) is 0 Å². The second kappa shape index (κ2) is 4.60. The van der Waals surface area contributed by atoms with E-state index in [0.29, 0.717) is 0 Å². The van der Waals surface area contributed by atoms with Gasteiger partial charge in [-0.25, -0.2) is 4.79 Å². The molecule has 1 amide bonds. The molecule has 0 fully saturated rings. The first kappa shape index (κ1) is 8.74. The van der Waals surface area contributed by atoms with Crippen LogP contribution < -0.4 is 5.32 Å². The van der Waals surface area contributed by atoms with Gasteiger partial charge in [-0.1, -0.05) is 0 Å². The monoisotopic (exact) mass is 147 g/mol. The normalized spacial score (nSPS) is 8.20. The molecule has 10 heavy (non-hydrogen) atoms. The van der Waals surface area contributed by atoms with E-state index in [1.54, 1.807) is 0 Å². The van der Waals surface area contributed by atoms with Crippen LogP contribution in [0.1, 0.15) is 6.92 Å². The molecular weight excluding hydrogens is 138 g/mol. The van der Waals surface area contributed by atoms with Crippen LogP contribution in [0.25, 0.3) is 0 Å². The Bertz CT molecular complexity index is 134. The first-order chi connectivity index (χ1) is 4.66. The number of amides is 1. The summed E-state index contributed by atoms with van der Waals surface area (Å²) in [6.45, 7) is 1.10. The minimum absolute atomic E-state index is 0.151. The molecule has 0 aliphatic rings. The third kappa shape index (κ3) is 4.89. The van der Waals surface area contributed by atoms with Crippen LogP contribution >= 0.6 is 0 Å². The number of carbonyl (C=O) groups is 2. The Hall–Kier alpha value is -1.26. The molecule has 0 bridgehead atoms. The molecule has 5 nitrogen and oxygen atoms in total. The second-order valence-electron chi connectivity index (χ2n) is 1.45. The molecule has 58 valence electrons. The van der Waals surface area contributed by atoms with Gasteiger partial charge in [0.25, 0.3) is 0 Å². The van der Waals surface area contributed by atoms with E-state index in [-0.39, 0.29) is 6.73 Å². The van der Waals surface area contributed by atoms with Crippen molar-refractivity contribution in [3.63, 3.8) is 0 Å². The molecule has 1 N–H and O–H groups in total. The third-order valence-corrected chi connectivity index (χ3v) is 0.677. The van der Waals surface area contributed by atoms with E-state index < -0.39 is 12.1 Å². The van der Waals surface area contributed by atoms with Crippen molar-refractivity contribution in [3.8, 4) is 0 Å². The van der Waals surface area contributed by atoms with Crippen molar-refractivity contribution in [3.05, 3.63) is 0 Å². The smallest absolute Gasteiger partial charge is 0.409 e. The van der Waals surface area contributed by atoms with E-state index in [9.17, 15) is 9.59 Å². The van der Waals surface area contributed by atoms with Crippen molar-refractivity contribution >= 4 is 12.1 Å². The fraction of sp³-hybridized carbons (Fsp3) is 0.600. The molecular formula is C5H9NO4. The lowest BCUT2D eigenvalue weighted by Gasteiger charge is -2.01. The van der Waals surface area contributed by atoms with Gasteiger partial charge in [-0.3, -0.25) is 10.1 Å². The average Bonchev–Trinajstić information content (AvgIpc) is 1.87. The van der Waals surface area contributed by atoms with Crippen molar-refractivity contribution in [2.75, 3.05) is 13.8 Å². The summed E-state index contributed by atoms with van der Waals surface area (Å²) in [5.74, 6) is -0.448. The summed E-state index contributed by atoms with van der Waals surface area (Å²) in [6, 6.07) is 0. The maximum absolute atomic E-state index is 10.3. The lowest BCUT2D eigenvalue weighted by molar-refractivity contribution is -0.141. The number of hydrogen-bond donors (Lipinski definition) is 1. The Morgan fingerprint density at radius 2 is 2.10 bits per heavy atom. The van der Waals surface area contributed by atoms with Crippen LogP contribution in [-0.4, -0.2) is 25.9 Å². The highest BCUT2D eigenvalue weighted by Gasteiger charge is 1.96. The van der Waals surface area contributed by atoms with Crippen LogP contribution in [0.4, 0.5) is 4.79 Å². The molecule has 0 spiro atoms. The van der Waals surface area contributed by atoms with Crippen molar-refractivity contribution in [2.24, 2.45) is 0 Å². The van der Waals surface area contributed by atoms with Crippen molar-refractivity contribution in [1.82, 2.24) is 5.32 Å². The highest BCUT2D eigenvalue weighted by molar-refractivity contribution is 5.68. The number of rotatable bonds is 2. The molecule has 0 atom stereocenters. The first-order valence-corrected chi connectivity index (χ1v) is 2.62. The largest absolute Gasteiger partial charge is 0.453 e. The minimum atomic E-state index is -0.624. The van der Waals surface area contributed by atoms with Crippen LogP contribution in [0.2, 0.25) is 0 Å². The van der Waals surface area contributed by atoms with E-state index in [1.165, 1.54) is 14.0 Å². The highest BCUT2D eigenvalue weighted by atomic mass is 16.6. The fourth-order valence-electron chi connectivity index (χ4n) is 0.269. The molecule has 0 aliphatic heterocycles. The van der Waals surface area contributed by atoms with Gasteiger partial charge < -0.3 is 9.47 Å². The molecule has 0 radical (unpaired) electrons. The number of alkyl carbamates (subject to hydrolysis) is 1. The molecule has 0 aromatic heterocycles. The number of methoxy groups -OCH3 is 1. The molecule has 0 heterocycles. The predicted octanol–water partition coefficient (Wildman–Crippen LogP) is -0.137. The van der Waals surface area contributed by atoms with Gasteiger partial charge in [0.2, 0.25) is 0 Å². The van der Waals surface area contributed by atoms with Crippen LogP contribution in [0.5, 0.6) is 0 Å². The van der Waals surface area contributed by atoms with Gasteiger partial charge in [0, 0.05) is 6.92 Å². The van der Waals surface area contributed by atoms with Crippen LogP contribution in [0, 0.1) is 0 Å². The summed E-state index contributed by atoms with van der Waals surface area (Å²) in [6.07, 6.45) is -0.624. The lowest BCUT2D eigenvalue weighted by atomic mass is 10.8. The Labute approximate surface area is 58.3 Å². The number of esters is 1. The summed E-state index contributed by atoms with van der Waals surface area (Å²) >= 11 is 0. The first-order valence-electron chi connectivity index (χ1n) is 2.62. The standard InChI is InChI=1S/C5H9NO4/c1-4(7)10-3-6-5(8)9-2/h3H2,1-2H3,(H,6,8). The maximum atomic E-state index is 10.3. The van der Waals surface area contributed by atoms with Crippen molar-refractivity contribution < 1.29 is 19.1 Å². The average molecular weight is 147 g/mol. The molecule has 0 rings (SSSR count). The van der Waals surface area contributed by atoms with Gasteiger partial charge >= 0.3 is 12.1 Å². The maximum Gasteiger partial charge on any atom is 0.409 e. The molecule has 0 aliphatic carbocycles. The molecule has 5 heteroatoms. The van der Waals surface area contributed by atoms with Gasteiger partial charge in [0.05, 0.1) is 7.11 Å². The Morgan fingerprint density at radius 1 is 1.50 bits per heavy atom. The summed E-state index contributed by atoms with van der Waals surface area (Å²) in [5, 5.41) is 2.16. The topological polar surface area (TPSA) is 64.6 Å². The highest BCUT2D eigenvalue weighted by Crippen LogP contribution is 1.73. The van der Waals surface area contributed by atoms with E-state index in [0.717, 1.165) is 0 Å². The summed E-state index contributed by atoms with van der Waals surface area (Å²) in [4.78, 5) is 20.4. The second-order valence-corrected chi connectivity index (χ2v) is 1.45. The van der Waals surface area contributed by atoms with Gasteiger partial charge in [-0.2, -0.15) is 0 Å². The third-order valence-electron chi connectivity index (χ3n) is 0.677. The number of ether oxygens (including phenoxy) is 2. The fourth-order valence-corrected chi connectivity index (χ4v) is 0.269. The molecule has 0 unspecified atom stereocenters. The van der Waals surface area contributed by atoms with E-state index in [1.807, 2.05) is 0 Å². The molecule has 0 saturated heterocycles. The Morgan fingerprint density at radius 3 is 2.50 bits per heavy atom. The van der Waals surface area contributed by atoms with E-state index in [4.69, 9.17) is 0 Å². The van der Waals surface area contributed by atoms with Crippen LogP contribution in [-0.2, 0) is 14.3 Å². The van der Waals surface area contributed by atoms with Gasteiger partial charge in [-0.15, -0.1) is 0 Å². The number of hydrogen-bond acceptors (Lipinski definition) is 4. The van der Waals surface area contributed by atoms with Gasteiger partial charge in [-0.05, 0) is 0 Å². The van der Waals surface area contributed by atoms with Crippen molar-refractivity contribution in [2.45, 2.75) is 6.92 Å². The quantitative estimate of drug-likeness (QED) is 0.436. The zero-order valence-electron chi connectivity index (χ0n) is 5.84. The lowest BCUT2D eigenvalue weighted by Crippen LogP contribution is -2.26. The minimum Gasteiger partial charge on any atom is -0.453 e. The summed E-state index contributed by atoms with van der Waals surface area (Å²) in [5.41, 5.74) is 0. The summed E-state index contributed by atoms with van der Waals surface area (Å²) < 4.78 is 8.55. The molecule has 0 saturated carbocycles. The summed E-state index contributed by atoms with van der Waals surface area (Å²) in [7, 11) is 1.23. The van der Waals surface area contributed by atoms with Crippen LogP contribution in [0.3, 0.4) is 0 Å². The predicted molar refractivity (Wildman–Crippen MR) is 32.2 cm³/mol. The molecule has 0 aromatic carbocycles. The zero-order chi connectivity index (χ0) is 7.98. The molecule has 0 aromatic rings. The van der Waals surface area contributed by atoms with Gasteiger partial charge in [0.1, 0.15) is 0 Å². The van der Waals surface area contributed by atoms with E-state index >= 15 is 0 Å². The van der Waals surface area contributed by atoms with E-state index in [2.05, 4.69) is 14.8 Å².